The van der Waals surface area contributed by atoms with E-state index in [1.807, 2.05) is 6.92 Å². The smallest absolute Gasteiger partial charge is 0.264 e. The lowest BCUT2D eigenvalue weighted by molar-refractivity contribution is -0.139. The highest BCUT2D eigenvalue weighted by molar-refractivity contribution is 7.92. The molecule has 0 saturated heterocycles. The maximum atomic E-state index is 14.5. The predicted octanol–water partition coefficient (Wildman–Crippen LogP) is 4.45. The summed E-state index contributed by atoms with van der Waals surface area (Å²) >= 11 is 6.30. The summed E-state index contributed by atoms with van der Waals surface area (Å²) in [5, 5.41) is 2.82. The number of nitrogens with zero attached hydrogens (tertiary/aromatic N) is 2. The number of carbonyl (C=O) groups is 2. The Hall–Kier alpha value is -3.43. The molecule has 0 saturated carbocycles. The molecule has 0 heterocycles. The van der Waals surface area contributed by atoms with Crippen LogP contribution in [-0.2, 0) is 26.2 Å². The van der Waals surface area contributed by atoms with Crippen molar-refractivity contribution in [2.75, 3.05) is 17.9 Å². The van der Waals surface area contributed by atoms with Crippen molar-refractivity contribution < 1.29 is 22.4 Å². The van der Waals surface area contributed by atoms with Crippen LogP contribution in [0.2, 0.25) is 5.02 Å². The van der Waals surface area contributed by atoms with E-state index in [4.69, 9.17) is 11.6 Å². The molecule has 1 atom stereocenters. The van der Waals surface area contributed by atoms with E-state index in [1.165, 1.54) is 44.3 Å². The largest absolute Gasteiger partial charge is 0.357 e. The third-order valence-electron chi connectivity index (χ3n) is 6.11. The van der Waals surface area contributed by atoms with Crippen LogP contribution in [0, 0.1) is 19.7 Å². The molecule has 3 rings (SSSR count). The lowest BCUT2D eigenvalue weighted by Crippen LogP contribution is -2.51. The summed E-state index contributed by atoms with van der Waals surface area (Å²) in [4.78, 5) is 27.4. The van der Waals surface area contributed by atoms with Gasteiger partial charge in [-0.25, -0.2) is 12.8 Å². The van der Waals surface area contributed by atoms with Crippen LogP contribution in [-0.4, -0.2) is 44.8 Å². The lowest BCUT2D eigenvalue weighted by Gasteiger charge is -2.32. The molecule has 0 aromatic heterocycles. The summed E-state index contributed by atoms with van der Waals surface area (Å²) in [5.41, 5.74) is 1.75. The molecule has 7 nitrogen and oxygen atoms in total. The molecular weight excluding hydrogens is 517 g/mol. The van der Waals surface area contributed by atoms with Crippen molar-refractivity contribution >= 4 is 39.1 Å². The number of aryl methyl sites for hydroxylation is 1. The van der Waals surface area contributed by atoms with Gasteiger partial charge in [0.2, 0.25) is 11.8 Å². The van der Waals surface area contributed by atoms with Gasteiger partial charge in [0.25, 0.3) is 10.0 Å². The Morgan fingerprint density at radius 1 is 1.00 bits per heavy atom. The molecule has 0 bridgehead atoms. The van der Waals surface area contributed by atoms with E-state index in [2.05, 4.69) is 5.32 Å². The zero-order valence-corrected chi connectivity index (χ0v) is 22.6. The van der Waals surface area contributed by atoms with E-state index < -0.39 is 40.2 Å². The molecule has 0 radical (unpaired) electrons. The Bertz CT molecular complexity index is 1400. The van der Waals surface area contributed by atoms with Crippen LogP contribution < -0.4 is 9.62 Å². The second-order valence-corrected chi connectivity index (χ2v) is 10.9. The molecular formula is C27H29ClFN3O4S. The molecule has 37 heavy (non-hydrogen) atoms. The Kier molecular flexibility index (Phi) is 8.94. The predicted molar refractivity (Wildman–Crippen MR) is 142 cm³/mol. The molecule has 0 spiro atoms. The van der Waals surface area contributed by atoms with Crippen molar-refractivity contribution in [3.8, 4) is 0 Å². The van der Waals surface area contributed by atoms with Gasteiger partial charge in [0.05, 0.1) is 10.6 Å². The maximum Gasteiger partial charge on any atom is 0.264 e. The van der Waals surface area contributed by atoms with E-state index in [-0.39, 0.29) is 22.7 Å². The van der Waals surface area contributed by atoms with Gasteiger partial charge in [0.1, 0.15) is 18.4 Å². The zero-order chi connectivity index (χ0) is 27.3. The van der Waals surface area contributed by atoms with E-state index in [1.54, 1.807) is 43.3 Å². The van der Waals surface area contributed by atoms with Crippen LogP contribution >= 0.6 is 11.6 Å². The molecule has 0 fully saturated rings. The zero-order valence-electron chi connectivity index (χ0n) is 21.0. The second kappa shape index (κ2) is 11.7. The van der Waals surface area contributed by atoms with Crippen molar-refractivity contribution in [1.82, 2.24) is 10.2 Å². The number of amides is 2. The fourth-order valence-corrected chi connectivity index (χ4v) is 5.46. The standard InChI is InChI=1S/C27H29ClFN3O4S/c1-18-12-14-22(15-13-18)37(35,36)32(25-11-7-9-23(28)19(25)2)17-26(33)31(20(3)27(34)30-4)16-21-8-5-6-10-24(21)29/h5-15,20H,16-17H2,1-4H3,(H,30,34)/t20-/m0/s1. The first-order valence-electron chi connectivity index (χ1n) is 11.6. The fourth-order valence-electron chi connectivity index (χ4n) is 3.82. The Balaban J connectivity index is 2.09. The molecule has 1 N–H and O–H groups in total. The first-order valence-corrected chi connectivity index (χ1v) is 13.4. The summed E-state index contributed by atoms with van der Waals surface area (Å²) in [6, 6.07) is 15.9. The van der Waals surface area contributed by atoms with Crippen molar-refractivity contribution in [3.05, 3.63) is 94.3 Å². The van der Waals surface area contributed by atoms with Crippen molar-refractivity contribution in [1.29, 1.82) is 0 Å². The van der Waals surface area contributed by atoms with Crippen LogP contribution in [0.15, 0.2) is 71.6 Å². The number of hydrogen-bond donors (Lipinski definition) is 1. The van der Waals surface area contributed by atoms with Gasteiger partial charge in [0.15, 0.2) is 0 Å². The summed E-state index contributed by atoms with van der Waals surface area (Å²) in [6.07, 6.45) is 0. The topological polar surface area (TPSA) is 86.8 Å². The van der Waals surface area contributed by atoms with Gasteiger partial charge in [-0.1, -0.05) is 53.6 Å². The number of benzene rings is 3. The number of carbonyl (C=O) groups excluding carboxylic acids is 2. The molecule has 196 valence electrons. The summed E-state index contributed by atoms with van der Waals surface area (Å²) in [7, 11) is -2.79. The van der Waals surface area contributed by atoms with Crippen LogP contribution in [0.1, 0.15) is 23.6 Å². The van der Waals surface area contributed by atoms with Crippen molar-refractivity contribution in [2.24, 2.45) is 0 Å². The average molecular weight is 546 g/mol. The highest BCUT2D eigenvalue weighted by Gasteiger charge is 2.33. The van der Waals surface area contributed by atoms with Crippen molar-refractivity contribution in [3.63, 3.8) is 0 Å². The van der Waals surface area contributed by atoms with E-state index >= 15 is 0 Å². The molecule has 3 aromatic rings. The second-order valence-electron chi connectivity index (χ2n) is 8.61. The Morgan fingerprint density at radius 3 is 2.27 bits per heavy atom. The summed E-state index contributed by atoms with van der Waals surface area (Å²) in [5.74, 6) is -1.70. The van der Waals surface area contributed by atoms with E-state index in [0.717, 1.165) is 14.8 Å². The third-order valence-corrected chi connectivity index (χ3v) is 8.29. The van der Waals surface area contributed by atoms with Gasteiger partial charge in [0, 0.05) is 24.2 Å². The number of rotatable bonds is 9. The SMILES string of the molecule is CNC(=O)[C@H](C)N(Cc1ccccc1F)C(=O)CN(c1cccc(Cl)c1C)S(=O)(=O)c1ccc(C)cc1. The maximum absolute atomic E-state index is 14.5. The first kappa shape index (κ1) is 28.1. The Labute approximate surface area is 221 Å². The summed E-state index contributed by atoms with van der Waals surface area (Å²) in [6.45, 7) is 4.13. The molecule has 0 aliphatic heterocycles. The number of halogens is 2. The molecule has 3 aromatic carbocycles. The quantitative estimate of drug-likeness (QED) is 0.430. The highest BCUT2D eigenvalue weighted by atomic mass is 35.5. The van der Waals surface area contributed by atoms with Crippen LogP contribution in [0.3, 0.4) is 0 Å². The minimum absolute atomic E-state index is 0.00900. The minimum atomic E-state index is -4.22. The molecule has 10 heteroatoms. The van der Waals surface area contributed by atoms with Crippen LogP contribution in [0.4, 0.5) is 10.1 Å². The lowest BCUT2D eigenvalue weighted by atomic mass is 10.1. The highest BCUT2D eigenvalue weighted by Crippen LogP contribution is 2.31. The van der Waals surface area contributed by atoms with Crippen LogP contribution in [0.25, 0.3) is 0 Å². The molecule has 0 unspecified atom stereocenters. The first-order chi connectivity index (χ1) is 17.5. The molecule has 0 aliphatic rings. The molecule has 0 aliphatic carbocycles. The minimum Gasteiger partial charge on any atom is -0.357 e. The Morgan fingerprint density at radius 2 is 1.65 bits per heavy atom. The summed E-state index contributed by atoms with van der Waals surface area (Å²) < 4.78 is 43.1. The van der Waals surface area contributed by atoms with Crippen LogP contribution in [0.5, 0.6) is 0 Å². The van der Waals surface area contributed by atoms with Gasteiger partial charge >= 0.3 is 0 Å². The van der Waals surface area contributed by atoms with E-state index in [9.17, 15) is 22.4 Å². The van der Waals surface area contributed by atoms with Gasteiger partial charge in [-0.2, -0.15) is 0 Å². The number of hydrogen-bond acceptors (Lipinski definition) is 4. The van der Waals surface area contributed by atoms with Gasteiger partial charge in [-0.3, -0.25) is 13.9 Å². The molecule has 2 amide bonds. The van der Waals surface area contributed by atoms with Crippen molar-refractivity contribution in [2.45, 2.75) is 38.3 Å². The number of nitrogens with one attached hydrogen (secondary N) is 1. The average Bonchev–Trinajstić information content (AvgIpc) is 2.87. The number of anilines is 1. The van der Waals surface area contributed by atoms with Gasteiger partial charge < -0.3 is 10.2 Å². The number of likely N-dealkylation sites (N-methyl/N-ethyl adjacent to an activating group) is 1. The third kappa shape index (κ3) is 6.29. The van der Waals surface area contributed by atoms with Gasteiger partial charge in [-0.05, 0) is 56.7 Å². The number of sulfonamides is 1. The van der Waals surface area contributed by atoms with E-state index in [0.29, 0.717) is 10.6 Å². The monoisotopic (exact) mass is 545 g/mol. The van der Waals surface area contributed by atoms with Gasteiger partial charge in [-0.15, -0.1) is 0 Å². The fraction of sp³-hybridized carbons (Fsp3) is 0.259. The normalized spacial score (nSPS) is 12.1.